The third-order valence-electron chi connectivity index (χ3n) is 4.05. The van der Waals surface area contributed by atoms with Gasteiger partial charge >= 0.3 is 0 Å². The Hall–Kier alpha value is -0.770. The molecule has 1 fully saturated rings. The summed E-state index contributed by atoms with van der Waals surface area (Å²) in [5.74, 6) is -1.49. The van der Waals surface area contributed by atoms with Crippen LogP contribution in [0.1, 0.15) is 49.4 Å². The lowest BCUT2D eigenvalue weighted by atomic mass is 9.77. The first-order chi connectivity index (χ1) is 9.02. The number of ketones is 1. The Bertz CT molecular complexity index is 456. The van der Waals surface area contributed by atoms with Gasteiger partial charge in [0.2, 0.25) is 0 Å². The fraction of sp³-hybridized carbons (Fsp3) is 0.533. The van der Waals surface area contributed by atoms with E-state index in [4.69, 9.17) is 0 Å². The highest BCUT2D eigenvalue weighted by molar-refractivity contribution is 9.10. The van der Waals surface area contributed by atoms with Crippen LogP contribution in [0, 0.1) is 23.5 Å². The Morgan fingerprint density at radius 3 is 2.21 bits per heavy atom. The molecule has 1 aliphatic carbocycles. The van der Waals surface area contributed by atoms with Gasteiger partial charge in [-0.25, -0.2) is 8.78 Å². The van der Waals surface area contributed by atoms with Gasteiger partial charge in [0.1, 0.15) is 11.6 Å². The highest BCUT2D eigenvalue weighted by Gasteiger charge is 2.29. The van der Waals surface area contributed by atoms with Crippen LogP contribution in [0.3, 0.4) is 0 Å². The van der Waals surface area contributed by atoms with E-state index in [1.165, 1.54) is 0 Å². The van der Waals surface area contributed by atoms with Crippen LogP contribution in [-0.4, -0.2) is 5.78 Å². The molecule has 0 spiro atoms. The zero-order valence-corrected chi connectivity index (χ0v) is 12.5. The Kier molecular flexibility index (Phi) is 4.71. The number of carbonyl (C=O) groups excluding carboxylic acids is 1. The second kappa shape index (κ2) is 6.12. The third-order valence-corrected chi connectivity index (χ3v) is 4.51. The lowest BCUT2D eigenvalue weighted by Gasteiger charge is -2.27. The molecule has 19 heavy (non-hydrogen) atoms. The maximum atomic E-state index is 13.8. The molecular formula is C15H17BrF2O. The average molecular weight is 331 g/mol. The summed E-state index contributed by atoms with van der Waals surface area (Å²) in [5.41, 5.74) is -0.372. The predicted molar refractivity (Wildman–Crippen MR) is 74.1 cm³/mol. The molecule has 2 rings (SSSR count). The van der Waals surface area contributed by atoms with Crippen LogP contribution in [0.5, 0.6) is 0 Å². The summed E-state index contributed by atoms with van der Waals surface area (Å²) in [5, 5.41) is 0. The zero-order valence-electron chi connectivity index (χ0n) is 10.9. The normalized spacial score (nSPS) is 23.4. The van der Waals surface area contributed by atoms with Gasteiger partial charge in [-0.1, -0.05) is 29.3 Å². The maximum absolute atomic E-state index is 13.8. The van der Waals surface area contributed by atoms with Gasteiger partial charge in [-0.2, -0.15) is 0 Å². The van der Waals surface area contributed by atoms with Gasteiger partial charge in [0.25, 0.3) is 0 Å². The molecule has 1 saturated carbocycles. The van der Waals surface area contributed by atoms with Crippen molar-refractivity contribution in [3.63, 3.8) is 0 Å². The van der Waals surface area contributed by atoms with Crippen molar-refractivity contribution < 1.29 is 13.6 Å². The Morgan fingerprint density at radius 1 is 1.21 bits per heavy atom. The van der Waals surface area contributed by atoms with Gasteiger partial charge in [-0.15, -0.1) is 0 Å². The van der Waals surface area contributed by atoms with Gasteiger partial charge in [0.15, 0.2) is 5.78 Å². The molecule has 1 aromatic rings. The van der Waals surface area contributed by atoms with E-state index in [9.17, 15) is 13.6 Å². The van der Waals surface area contributed by atoms with Crippen molar-refractivity contribution >= 4 is 21.7 Å². The number of Topliss-reactive ketones (excluding diaryl/α,β-unsaturated/α-hetero) is 1. The van der Waals surface area contributed by atoms with Crippen molar-refractivity contribution in [1.82, 2.24) is 0 Å². The van der Waals surface area contributed by atoms with Crippen LogP contribution in [-0.2, 0) is 0 Å². The summed E-state index contributed by atoms with van der Waals surface area (Å²) in [7, 11) is 0. The number of rotatable bonds is 3. The highest BCUT2D eigenvalue weighted by Crippen LogP contribution is 2.33. The summed E-state index contributed by atoms with van der Waals surface area (Å²) in [6.45, 7) is 2.14. The molecule has 0 unspecified atom stereocenters. The molecule has 0 aliphatic heterocycles. The summed E-state index contributed by atoms with van der Waals surface area (Å²) in [4.78, 5) is 12.3. The van der Waals surface area contributed by atoms with Crippen LogP contribution >= 0.6 is 15.9 Å². The Balaban J connectivity index is 2.17. The topological polar surface area (TPSA) is 17.1 Å². The second-order valence-electron chi connectivity index (χ2n) is 5.23. The summed E-state index contributed by atoms with van der Waals surface area (Å²) < 4.78 is 27.9. The third kappa shape index (κ3) is 3.22. The quantitative estimate of drug-likeness (QED) is 0.702. The highest BCUT2D eigenvalue weighted by atomic mass is 79.9. The number of hydrogen-bond acceptors (Lipinski definition) is 1. The molecule has 1 aliphatic rings. The first-order valence-electron chi connectivity index (χ1n) is 6.71. The van der Waals surface area contributed by atoms with E-state index in [0.29, 0.717) is 10.4 Å². The lowest BCUT2D eigenvalue weighted by Crippen LogP contribution is -2.23. The van der Waals surface area contributed by atoms with Crippen molar-refractivity contribution in [1.29, 1.82) is 0 Å². The van der Waals surface area contributed by atoms with E-state index in [1.54, 1.807) is 0 Å². The summed E-state index contributed by atoms with van der Waals surface area (Å²) in [6, 6.07) is 2.29. The largest absolute Gasteiger partial charge is 0.294 e. The van der Waals surface area contributed by atoms with Crippen molar-refractivity contribution in [2.75, 3.05) is 0 Å². The van der Waals surface area contributed by atoms with Gasteiger partial charge in [-0.3, -0.25) is 4.79 Å². The molecule has 1 nitrogen and oxygen atoms in total. The number of carbonyl (C=O) groups is 1. The van der Waals surface area contributed by atoms with E-state index < -0.39 is 11.6 Å². The molecule has 0 N–H and O–H groups in total. The number of benzene rings is 1. The monoisotopic (exact) mass is 330 g/mol. The van der Waals surface area contributed by atoms with Crippen LogP contribution in [0.2, 0.25) is 0 Å². The molecule has 104 valence electrons. The lowest BCUT2D eigenvalue weighted by molar-refractivity contribution is 0.0862. The minimum Gasteiger partial charge on any atom is -0.294 e. The minimum absolute atomic E-state index is 0.229. The Morgan fingerprint density at radius 2 is 1.74 bits per heavy atom. The van der Waals surface area contributed by atoms with Crippen molar-refractivity contribution in [3.8, 4) is 0 Å². The SMILES string of the molecule is CCC1CCC(C(=O)c2c(F)cc(Br)cc2F)CC1. The molecule has 0 amide bonds. The van der Waals surface area contributed by atoms with Gasteiger partial charge in [0.05, 0.1) is 5.56 Å². The number of halogens is 3. The molecule has 1 aromatic carbocycles. The van der Waals surface area contributed by atoms with Gasteiger partial charge < -0.3 is 0 Å². The maximum Gasteiger partial charge on any atom is 0.171 e. The van der Waals surface area contributed by atoms with E-state index in [-0.39, 0.29) is 17.3 Å². The second-order valence-corrected chi connectivity index (χ2v) is 6.15. The van der Waals surface area contributed by atoms with E-state index in [1.807, 2.05) is 0 Å². The van der Waals surface area contributed by atoms with E-state index in [0.717, 1.165) is 44.2 Å². The molecule has 0 saturated heterocycles. The molecule has 4 heteroatoms. The van der Waals surface area contributed by atoms with Crippen molar-refractivity contribution in [2.24, 2.45) is 11.8 Å². The predicted octanol–water partition coefficient (Wildman–Crippen LogP) is 5.13. The standard InChI is InChI=1S/C15H17BrF2O/c1-2-9-3-5-10(6-4-9)15(19)14-12(17)7-11(16)8-13(14)18/h7-10H,2-6H2,1H3. The summed E-state index contributed by atoms with van der Waals surface area (Å²) in [6.07, 6.45) is 4.56. The fourth-order valence-electron chi connectivity index (χ4n) is 2.81. The molecule has 0 bridgehead atoms. The Labute approximate surface area is 120 Å². The first-order valence-corrected chi connectivity index (χ1v) is 7.51. The van der Waals surface area contributed by atoms with Crippen LogP contribution < -0.4 is 0 Å². The van der Waals surface area contributed by atoms with Crippen molar-refractivity contribution in [2.45, 2.75) is 39.0 Å². The fourth-order valence-corrected chi connectivity index (χ4v) is 3.22. The van der Waals surface area contributed by atoms with Gasteiger partial charge in [-0.05, 0) is 43.7 Å². The minimum atomic E-state index is -0.769. The molecule has 0 radical (unpaired) electrons. The average Bonchev–Trinajstić information content (AvgIpc) is 2.37. The molecule has 0 heterocycles. The molecule has 0 atom stereocenters. The van der Waals surface area contributed by atoms with Crippen LogP contribution in [0.25, 0.3) is 0 Å². The van der Waals surface area contributed by atoms with E-state index >= 15 is 0 Å². The summed E-state index contributed by atoms with van der Waals surface area (Å²) >= 11 is 3.02. The van der Waals surface area contributed by atoms with Gasteiger partial charge in [0, 0.05) is 10.4 Å². The number of hydrogen-bond donors (Lipinski definition) is 0. The van der Waals surface area contributed by atoms with Crippen molar-refractivity contribution in [3.05, 3.63) is 33.8 Å². The van der Waals surface area contributed by atoms with Crippen LogP contribution in [0.15, 0.2) is 16.6 Å². The van der Waals surface area contributed by atoms with E-state index in [2.05, 4.69) is 22.9 Å². The smallest absolute Gasteiger partial charge is 0.171 e. The molecular weight excluding hydrogens is 314 g/mol. The molecule has 0 aromatic heterocycles. The first kappa shape index (κ1) is 14.6. The zero-order chi connectivity index (χ0) is 14.0. The van der Waals surface area contributed by atoms with Crippen LogP contribution in [0.4, 0.5) is 8.78 Å².